The second-order valence-corrected chi connectivity index (χ2v) is 9.41. The summed E-state index contributed by atoms with van der Waals surface area (Å²) in [6, 6.07) is 13.9. The van der Waals surface area contributed by atoms with Crippen LogP contribution in [0.4, 0.5) is 5.69 Å². The van der Waals surface area contributed by atoms with E-state index in [1.54, 1.807) is 12.1 Å². The highest BCUT2D eigenvalue weighted by Gasteiger charge is 2.26. The number of carbonyl (C=O) groups excluding carboxylic acids is 1. The van der Waals surface area contributed by atoms with Crippen LogP contribution >= 0.6 is 0 Å². The first-order chi connectivity index (χ1) is 15.1. The number of hydrogen-bond acceptors (Lipinski definition) is 4. The lowest BCUT2D eigenvalue weighted by atomic mass is 10.0. The first kappa shape index (κ1) is 20.4. The van der Waals surface area contributed by atoms with Crippen molar-refractivity contribution in [2.75, 3.05) is 38.5 Å². The summed E-state index contributed by atoms with van der Waals surface area (Å²) in [5.74, 6) is 2.02. The van der Waals surface area contributed by atoms with Crippen LogP contribution in [-0.4, -0.2) is 54.5 Å². The highest BCUT2D eigenvalue weighted by atomic mass is 16.5. The standard InChI is InChI=1S/C26H33N3O2/c27-23-6-3-21(4-7-23)26(30)29-15-11-24(12-16-29)31-25-8-5-20-9-13-28(18-19-1-2-19)14-10-22(20)17-25/h3-8,17,19,24H,1-2,9-16,18,27H2. The molecule has 1 aliphatic carbocycles. The largest absolute Gasteiger partial charge is 0.490 e. The Bertz CT molecular complexity index is 915. The van der Waals surface area contributed by atoms with Gasteiger partial charge in [0, 0.05) is 56.8 Å². The van der Waals surface area contributed by atoms with Crippen LogP contribution in [0.3, 0.4) is 0 Å². The predicted octanol–water partition coefficient (Wildman–Crippen LogP) is 3.76. The second kappa shape index (κ2) is 8.91. The normalized spacial score (nSPS) is 20.2. The van der Waals surface area contributed by atoms with Gasteiger partial charge in [-0.3, -0.25) is 4.79 Å². The SMILES string of the molecule is Nc1ccc(C(=O)N2CCC(Oc3ccc4c(c3)CCN(CC3CC3)CC4)CC2)cc1. The van der Waals surface area contributed by atoms with Gasteiger partial charge in [-0.25, -0.2) is 0 Å². The first-order valence-electron chi connectivity index (χ1n) is 11.8. The van der Waals surface area contributed by atoms with Crippen LogP contribution in [0.2, 0.25) is 0 Å². The van der Waals surface area contributed by atoms with E-state index in [0.29, 0.717) is 11.3 Å². The number of anilines is 1. The zero-order valence-corrected chi connectivity index (χ0v) is 18.3. The van der Waals surface area contributed by atoms with Crippen molar-refractivity contribution in [2.45, 2.75) is 44.6 Å². The number of hydrogen-bond donors (Lipinski definition) is 1. The molecule has 2 aromatic rings. The molecule has 0 aromatic heterocycles. The number of nitrogen functional groups attached to an aromatic ring is 1. The number of nitrogens with two attached hydrogens (primary N) is 1. The third-order valence-electron chi connectivity index (χ3n) is 6.98. The van der Waals surface area contributed by atoms with Crippen molar-refractivity contribution in [3.8, 4) is 5.75 Å². The zero-order valence-electron chi connectivity index (χ0n) is 18.3. The smallest absolute Gasteiger partial charge is 0.253 e. The topological polar surface area (TPSA) is 58.8 Å². The summed E-state index contributed by atoms with van der Waals surface area (Å²) >= 11 is 0. The van der Waals surface area contributed by atoms with E-state index in [-0.39, 0.29) is 12.0 Å². The quantitative estimate of drug-likeness (QED) is 0.750. The van der Waals surface area contributed by atoms with Gasteiger partial charge in [-0.2, -0.15) is 0 Å². The third kappa shape index (κ3) is 5.04. The fraction of sp³-hybridized carbons (Fsp3) is 0.500. The predicted molar refractivity (Wildman–Crippen MR) is 123 cm³/mol. The van der Waals surface area contributed by atoms with Crippen LogP contribution in [0.25, 0.3) is 0 Å². The third-order valence-corrected chi connectivity index (χ3v) is 6.98. The Labute approximate surface area is 185 Å². The van der Waals surface area contributed by atoms with Gasteiger partial charge in [-0.1, -0.05) is 6.07 Å². The van der Waals surface area contributed by atoms with Crippen LogP contribution < -0.4 is 10.5 Å². The van der Waals surface area contributed by atoms with E-state index in [4.69, 9.17) is 10.5 Å². The molecule has 31 heavy (non-hydrogen) atoms. The molecular weight excluding hydrogens is 386 g/mol. The Morgan fingerprint density at radius 1 is 0.903 bits per heavy atom. The molecule has 3 aliphatic rings. The van der Waals surface area contributed by atoms with Gasteiger partial charge in [-0.15, -0.1) is 0 Å². The number of carbonyl (C=O) groups is 1. The lowest BCUT2D eigenvalue weighted by molar-refractivity contribution is 0.0595. The van der Waals surface area contributed by atoms with Gasteiger partial charge < -0.3 is 20.3 Å². The molecule has 2 fully saturated rings. The van der Waals surface area contributed by atoms with E-state index in [0.717, 1.165) is 50.4 Å². The minimum atomic E-state index is 0.0826. The molecule has 0 bridgehead atoms. The van der Waals surface area contributed by atoms with Gasteiger partial charge in [0.25, 0.3) is 5.91 Å². The number of ether oxygens (including phenoxy) is 1. The number of piperidine rings is 1. The Balaban J connectivity index is 1.14. The minimum absolute atomic E-state index is 0.0826. The number of likely N-dealkylation sites (tertiary alicyclic amines) is 1. The maximum Gasteiger partial charge on any atom is 0.253 e. The summed E-state index contributed by atoms with van der Waals surface area (Å²) in [5.41, 5.74) is 10.0. The molecule has 1 saturated carbocycles. The van der Waals surface area contributed by atoms with Crippen molar-refractivity contribution < 1.29 is 9.53 Å². The molecule has 0 radical (unpaired) electrons. The lowest BCUT2D eigenvalue weighted by Crippen LogP contribution is -2.41. The van der Waals surface area contributed by atoms with Crippen molar-refractivity contribution in [1.82, 2.24) is 9.80 Å². The van der Waals surface area contributed by atoms with Crippen molar-refractivity contribution in [2.24, 2.45) is 5.92 Å². The molecule has 0 spiro atoms. The molecule has 164 valence electrons. The van der Waals surface area contributed by atoms with E-state index in [1.807, 2.05) is 17.0 Å². The number of amides is 1. The first-order valence-corrected chi connectivity index (χ1v) is 11.8. The molecule has 5 rings (SSSR count). The van der Waals surface area contributed by atoms with E-state index in [2.05, 4.69) is 23.1 Å². The number of benzene rings is 2. The summed E-state index contributed by atoms with van der Waals surface area (Å²) in [6.45, 7) is 5.09. The number of rotatable bonds is 5. The van der Waals surface area contributed by atoms with Gasteiger partial charge in [-0.05, 0) is 79.1 Å². The summed E-state index contributed by atoms with van der Waals surface area (Å²) in [6.07, 6.45) is 7.02. The molecule has 5 heteroatoms. The number of nitrogens with zero attached hydrogens (tertiary/aromatic N) is 2. The van der Waals surface area contributed by atoms with Gasteiger partial charge in [0.1, 0.15) is 11.9 Å². The summed E-state index contributed by atoms with van der Waals surface area (Å²) in [4.78, 5) is 17.3. The van der Waals surface area contributed by atoms with E-state index >= 15 is 0 Å². The van der Waals surface area contributed by atoms with Gasteiger partial charge >= 0.3 is 0 Å². The zero-order chi connectivity index (χ0) is 21.2. The molecular formula is C26H33N3O2. The molecule has 2 heterocycles. The molecule has 0 atom stereocenters. The summed E-state index contributed by atoms with van der Waals surface area (Å²) in [7, 11) is 0. The fourth-order valence-electron chi connectivity index (χ4n) is 4.85. The second-order valence-electron chi connectivity index (χ2n) is 9.41. The Hall–Kier alpha value is -2.53. The highest BCUT2D eigenvalue weighted by molar-refractivity contribution is 5.94. The Morgan fingerprint density at radius 3 is 2.32 bits per heavy atom. The maximum atomic E-state index is 12.7. The molecule has 2 aliphatic heterocycles. The fourth-order valence-corrected chi connectivity index (χ4v) is 4.85. The Kier molecular flexibility index (Phi) is 5.86. The van der Waals surface area contributed by atoms with Crippen LogP contribution in [-0.2, 0) is 12.8 Å². The maximum absolute atomic E-state index is 12.7. The molecule has 2 aromatic carbocycles. The Morgan fingerprint density at radius 2 is 1.61 bits per heavy atom. The molecule has 1 saturated heterocycles. The highest BCUT2D eigenvalue weighted by Crippen LogP contribution is 2.31. The molecule has 5 nitrogen and oxygen atoms in total. The van der Waals surface area contributed by atoms with Crippen molar-refractivity contribution in [1.29, 1.82) is 0 Å². The van der Waals surface area contributed by atoms with Crippen LogP contribution in [0.5, 0.6) is 5.75 Å². The minimum Gasteiger partial charge on any atom is -0.490 e. The number of fused-ring (bicyclic) bond motifs is 1. The van der Waals surface area contributed by atoms with Crippen LogP contribution in [0.1, 0.15) is 47.2 Å². The van der Waals surface area contributed by atoms with E-state index < -0.39 is 0 Å². The van der Waals surface area contributed by atoms with E-state index in [9.17, 15) is 4.79 Å². The van der Waals surface area contributed by atoms with Crippen LogP contribution in [0, 0.1) is 5.92 Å². The lowest BCUT2D eigenvalue weighted by Gasteiger charge is -2.32. The van der Waals surface area contributed by atoms with Gasteiger partial charge in [0.15, 0.2) is 0 Å². The van der Waals surface area contributed by atoms with Crippen molar-refractivity contribution >= 4 is 11.6 Å². The van der Waals surface area contributed by atoms with Gasteiger partial charge in [0.05, 0.1) is 0 Å². The molecule has 0 unspecified atom stereocenters. The van der Waals surface area contributed by atoms with Crippen LogP contribution in [0.15, 0.2) is 42.5 Å². The molecule has 1 amide bonds. The summed E-state index contributed by atoms with van der Waals surface area (Å²) in [5, 5.41) is 0. The summed E-state index contributed by atoms with van der Waals surface area (Å²) < 4.78 is 6.35. The molecule has 2 N–H and O–H groups in total. The van der Waals surface area contributed by atoms with Crippen molar-refractivity contribution in [3.05, 3.63) is 59.2 Å². The average Bonchev–Trinajstić information content (AvgIpc) is 3.63. The van der Waals surface area contributed by atoms with Crippen molar-refractivity contribution in [3.63, 3.8) is 0 Å². The average molecular weight is 420 g/mol. The monoisotopic (exact) mass is 419 g/mol. The van der Waals surface area contributed by atoms with Gasteiger partial charge in [0.2, 0.25) is 0 Å². The van der Waals surface area contributed by atoms with E-state index in [1.165, 1.54) is 43.6 Å².